The first-order valence-corrected chi connectivity index (χ1v) is 8.59. The molecule has 0 saturated carbocycles. The predicted molar refractivity (Wildman–Crippen MR) is 97.1 cm³/mol. The van der Waals surface area contributed by atoms with Gasteiger partial charge in [0.2, 0.25) is 0 Å². The predicted octanol–water partition coefficient (Wildman–Crippen LogP) is 3.01. The van der Waals surface area contributed by atoms with E-state index in [1.54, 1.807) is 26.8 Å². The summed E-state index contributed by atoms with van der Waals surface area (Å²) in [5, 5.41) is 20.8. The van der Waals surface area contributed by atoms with Gasteiger partial charge >= 0.3 is 5.63 Å². The molecule has 6 nitrogen and oxygen atoms in total. The molecule has 1 aromatic heterocycles. The van der Waals surface area contributed by atoms with Crippen LogP contribution in [0, 0.1) is 6.92 Å². The highest BCUT2D eigenvalue weighted by molar-refractivity contribution is 5.98. The van der Waals surface area contributed by atoms with Crippen molar-refractivity contribution in [3.05, 3.63) is 45.3 Å². The minimum Gasteiger partial charge on any atom is -0.508 e. The van der Waals surface area contributed by atoms with E-state index in [9.17, 15) is 19.8 Å². The maximum atomic E-state index is 12.4. The molecule has 3 atom stereocenters. The Balaban J connectivity index is 2.30. The van der Waals surface area contributed by atoms with E-state index in [0.717, 1.165) is 0 Å². The van der Waals surface area contributed by atoms with Crippen LogP contribution in [0.4, 0.5) is 0 Å². The number of carbonyl (C=O) groups excluding carboxylic acids is 1. The van der Waals surface area contributed by atoms with E-state index >= 15 is 0 Å². The quantitative estimate of drug-likeness (QED) is 0.819. The van der Waals surface area contributed by atoms with E-state index in [1.165, 1.54) is 12.1 Å². The Morgan fingerprint density at radius 2 is 1.92 bits per heavy atom. The minimum atomic E-state index is -0.666. The van der Waals surface area contributed by atoms with Crippen molar-refractivity contribution in [2.75, 3.05) is 0 Å². The molecule has 0 saturated heterocycles. The summed E-state index contributed by atoms with van der Waals surface area (Å²) in [6.45, 7) is 7.00. The fourth-order valence-corrected chi connectivity index (χ4v) is 3.30. The summed E-state index contributed by atoms with van der Waals surface area (Å²) in [6.07, 6.45) is 0.582. The van der Waals surface area contributed by atoms with Gasteiger partial charge in [0.1, 0.15) is 28.8 Å². The molecule has 0 bridgehead atoms. The summed E-state index contributed by atoms with van der Waals surface area (Å²) < 4.78 is 11.0. The topological polar surface area (TPSA) is 97.0 Å². The lowest BCUT2D eigenvalue weighted by Gasteiger charge is -2.22. The molecule has 26 heavy (non-hydrogen) atoms. The highest BCUT2D eigenvalue weighted by Crippen LogP contribution is 2.36. The second-order valence-electron chi connectivity index (χ2n) is 6.93. The van der Waals surface area contributed by atoms with Crippen LogP contribution < -0.4 is 5.63 Å². The third-order valence-corrected chi connectivity index (χ3v) is 4.88. The first kappa shape index (κ1) is 18.2. The highest BCUT2D eigenvalue weighted by Gasteiger charge is 2.25. The molecule has 0 amide bonds. The van der Waals surface area contributed by atoms with Crippen LogP contribution in [0.25, 0.3) is 16.7 Å². The van der Waals surface area contributed by atoms with Gasteiger partial charge in [0.25, 0.3) is 0 Å². The molecule has 2 heterocycles. The van der Waals surface area contributed by atoms with Crippen molar-refractivity contribution in [1.82, 2.24) is 0 Å². The zero-order valence-electron chi connectivity index (χ0n) is 15.2. The second-order valence-corrected chi connectivity index (χ2v) is 6.93. The van der Waals surface area contributed by atoms with Crippen LogP contribution in [0.2, 0.25) is 0 Å². The zero-order chi connectivity index (χ0) is 19.2. The molecule has 2 aromatic rings. The van der Waals surface area contributed by atoms with Gasteiger partial charge in [-0.05, 0) is 38.0 Å². The molecule has 6 heteroatoms. The van der Waals surface area contributed by atoms with Gasteiger partial charge in [-0.3, -0.25) is 4.79 Å². The Labute approximate surface area is 150 Å². The number of aliphatic hydroxyl groups is 1. The number of hydrogen-bond acceptors (Lipinski definition) is 6. The van der Waals surface area contributed by atoms with E-state index in [2.05, 4.69) is 0 Å². The van der Waals surface area contributed by atoms with Gasteiger partial charge in [-0.15, -0.1) is 0 Å². The Kier molecular flexibility index (Phi) is 4.63. The molecule has 0 fully saturated rings. The standard InChI is InChI=1S/C20H22O6/c1-9-5-13(22)6-17(25-9)15-7-14-18(26-20(15)24)8-16(23)11(3)19(14)10(2)12(4)21/h6-10,12,21,23H,5H2,1-4H3/t9?,10-,12+/m0/s1. The molecule has 0 radical (unpaired) electrons. The number of phenols is 1. The number of benzene rings is 1. The third kappa shape index (κ3) is 3.12. The Hall–Kier alpha value is -2.60. The van der Waals surface area contributed by atoms with Crippen LogP contribution in [0.15, 0.2) is 27.4 Å². The van der Waals surface area contributed by atoms with Gasteiger partial charge < -0.3 is 19.4 Å². The van der Waals surface area contributed by atoms with Crippen molar-refractivity contribution in [3.8, 4) is 5.75 Å². The van der Waals surface area contributed by atoms with Gasteiger partial charge in [-0.2, -0.15) is 0 Å². The molecule has 1 aromatic carbocycles. The molecule has 1 unspecified atom stereocenters. The maximum Gasteiger partial charge on any atom is 0.347 e. The second kappa shape index (κ2) is 6.61. The SMILES string of the molecule is Cc1c(O)cc2oc(=O)c(C3=CC(=O)CC(C)O3)cc2c1[C@@H](C)[C@@H](C)O. The van der Waals surface area contributed by atoms with Crippen LogP contribution in [0.1, 0.15) is 49.8 Å². The fraction of sp³-hybridized carbons (Fsp3) is 0.400. The van der Waals surface area contributed by atoms with E-state index in [4.69, 9.17) is 9.15 Å². The van der Waals surface area contributed by atoms with Gasteiger partial charge in [0.05, 0.1) is 6.10 Å². The number of hydrogen-bond donors (Lipinski definition) is 2. The minimum absolute atomic E-state index is 0.00664. The monoisotopic (exact) mass is 358 g/mol. The first-order chi connectivity index (χ1) is 12.2. The average molecular weight is 358 g/mol. The number of carbonyl (C=O) groups is 1. The molecular formula is C20H22O6. The van der Waals surface area contributed by atoms with Crippen molar-refractivity contribution in [2.24, 2.45) is 0 Å². The number of phenolic OH excluding ortho intramolecular Hbond substituents is 1. The van der Waals surface area contributed by atoms with E-state index in [1.807, 2.05) is 6.92 Å². The lowest BCUT2D eigenvalue weighted by atomic mass is 9.88. The normalized spacial score (nSPS) is 19.8. The first-order valence-electron chi connectivity index (χ1n) is 8.59. The van der Waals surface area contributed by atoms with Crippen molar-refractivity contribution in [3.63, 3.8) is 0 Å². The number of ketones is 1. The van der Waals surface area contributed by atoms with E-state index in [-0.39, 0.29) is 46.9 Å². The smallest absolute Gasteiger partial charge is 0.347 e. The Morgan fingerprint density at radius 1 is 1.23 bits per heavy atom. The van der Waals surface area contributed by atoms with Gasteiger partial charge in [0, 0.05) is 29.9 Å². The molecule has 2 N–H and O–H groups in total. The number of allylic oxidation sites excluding steroid dienone is 1. The Bertz CT molecular complexity index is 966. The van der Waals surface area contributed by atoms with Crippen molar-refractivity contribution in [1.29, 1.82) is 0 Å². The molecule has 0 spiro atoms. The molecule has 0 aliphatic carbocycles. The fourth-order valence-electron chi connectivity index (χ4n) is 3.30. The number of aromatic hydroxyl groups is 1. The zero-order valence-corrected chi connectivity index (χ0v) is 15.2. The third-order valence-electron chi connectivity index (χ3n) is 4.88. The van der Waals surface area contributed by atoms with Crippen molar-refractivity contribution < 1.29 is 24.2 Å². The summed E-state index contributed by atoms with van der Waals surface area (Å²) in [7, 11) is 0. The van der Waals surface area contributed by atoms with Gasteiger partial charge in [-0.25, -0.2) is 4.79 Å². The molecule has 1 aliphatic rings. The van der Waals surface area contributed by atoms with Gasteiger partial charge in [0.15, 0.2) is 5.78 Å². The summed E-state index contributed by atoms with van der Waals surface area (Å²) in [5.74, 6) is -0.233. The number of rotatable bonds is 3. The lowest BCUT2D eigenvalue weighted by molar-refractivity contribution is -0.117. The summed E-state index contributed by atoms with van der Waals surface area (Å²) in [4.78, 5) is 24.3. The number of aliphatic hydroxyl groups excluding tert-OH is 1. The molecule has 1 aliphatic heterocycles. The van der Waals surface area contributed by atoms with Crippen molar-refractivity contribution in [2.45, 2.75) is 52.2 Å². The molecule has 138 valence electrons. The van der Waals surface area contributed by atoms with Crippen LogP contribution in [-0.4, -0.2) is 28.2 Å². The summed E-state index contributed by atoms with van der Waals surface area (Å²) in [5.41, 5.74) is 1.02. The number of fused-ring (bicyclic) bond motifs is 1. The van der Waals surface area contributed by atoms with Crippen LogP contribution in [0.5, 0.6) is 5.75 Å². The maximum absolute atomic E-state index is 12.4. The van der Waals surface area contributed by atoms with Crippen LogP contribution in [0.3, 0.4) is 0 Å². The summed E-state index contributed by atoms with van der Waals surface area (Å²) >= 11 is 0. The van der Waals surface area contributed by atoms with Crippen LogP contribution >= 0.6 is 0 Å². The Morgan fingerprint density at radius 3 is 2.54 bits per heavy atom. The molecular weight excluding hydrogens is 336 g/mol. The van der Waals surface area contributed by atoms with Crippen molar-refractivity contribution >= 4 is 22.5 Å². The lowest BCUT2D eigenvalue weighted by Crippen LogP contribution is -2.21. The van der Waals surface area contributed by atoms with E-state index in [0.29, 0.717) is 16.5 Å². The average Bonchev–Trinajstić information content (AvgIpc) is 2.54. The highest BCUT2D eigenvalue weighted by atomic mass is 16.5. The largest absolute Gasteiger partial charge is 0.508 e. The number of ether oxygens (including phenoxy) is 1. The van der Waals surface area contributed by atoms with E-state index < -0.39 is 11.7 Å². The molecule has 3 rings (SSSR count). The van der Waals surface area contributed by atoms with Crippen LogP contribution in [-0.2, 0) is 9.53 Å². The summed E-state index contributed by atoms with van der Waals surface area (Å²) in [6, 6.07) is 3.00. The van der Waals surface area contributed by atoms with Gasteiger partial charge in [-0.1, -0.05) is 6.92 Å².